The highest BCUT2D eigenvalue weighted by atomic mass is 32.9. The lowest BCUT2D eigenvalue weighted by molar-refractivity contribution is 0.337. The molecule has 0 spiro atoms. The van der Waals surface area contributed by atoms with Crippen molar-refractivity contribution in [1.82, 2.24) is 4.98 Å². The first kappa shape index (κ1) is 10.3. The Morgan fingerprint density at radius 3 is 2.80 bits per heavy atom. The van der Waals surface area contributed by atoms with Crippen LogP contribution in [0.25, 0.3) is 0 Å². The van der Waals surface area contributed by atoms with Crippen LogP contribution in [0.15, 0.2) is 35.3 Å². The summed E-state index contributed by atoms with van der Waals surface area (Å²) in [5, 5.41) is 0.692. The molecule has 1 heterocycles. The van der Waals surface area contributed by atoms with Gasteiger partial charge in [-0.15, -0.1) is 0 Å². The molecule has 15 heavy (non-hydrogen) atoms. The van der Waals surface area contributed by atoms with E-state index in [-0.39, 0.29) is 0 Å². The molecule has 0 unspecified atom stereocenters. The highest BCUT2D eigenvalue weighted by Gasteiger charge is 1.97. The maximum atomic E-state index is 5.28. The first-order valence-electron chi connectivity index (χ1n) is 4.58. The van der Waals surface area contributed by atoms with Gasteiger partial charge in [-0.05, 0) is 39.7 Å². The minimum atomic E-state index is 0.644. The summed E-state index contributed by atoms with van der Waals surface area (Å²) >= 11 is 0. The Kier molecular flexibility index (Phi) is 3.47. The zero-order valence-electron chi connectivity index (χ0n) is 8.21. The third-order valence-corrected chi connectivity index (χ3v) is 3.51. The van der Waals surface area contributed by atoms with Gasteiger partial charge in [-0.2, -0.15) is 4.98 Å². The average Bonchev–Trinajstić information content (AvgIpc) is 2.68. The Bertz CT molecular complexity index is 475. The SMILES string of the molecule is CCOc1nc(=Nc2ccccc2)ss1. The summed E-state index contributed by atoms with van der Waals surface area (Å²) in [7, 11) is 3.03. The van der Waals surface area contributed by atoms with E-state index in [0.29, 0.717) is 11.8 Å². The summed E-state index contributed by atoms with van der Waals surface area (Å²) in [6.45, 7) is 2.59. The van der Waals surface area contributed by atoms with E-state index in [2.05, 4.69) is 9.98 Å². The van der Waals surface area contributed by atoms with Gasteiger partial charge in [-0.1, -0.05) is 18.2 Å². The van der Waals surface area contributed by atoms with Crippen LogP contribution in [-0.4, -0.2) is 11.6 Å². The summed E-state index contributed by atoms with van der Waals surface area (Å²) in [5.74, 6) is 0. The van der Waals surface area contributed by atoms with Gasteiger partial charge < -0.3 is 4.74 Å². The highest BCUT2D eigenvalue weighted by molar-refractivity contribution is 7.68. The molecule has 2 rings (SSSR count). The second kappa shape index (κ2) is 5.04. The van der Waals surface area contributed by atoms with Crippen molar-refractivity contribution in [2.45, 2.75) is 6.92 Å². The summed E-state index contributed by atoms with van der Waals surface area (Å²) < 4.78 is 5.28. The lowest BCUT2D eigenvalue weighted by Crippen LogP contribution is -1.98. The Morgan fingerprint density at radius 1 is 1.27 bits per heavy atom. The molecule has 0 aliphatic rings. The number of nitrogens with zero attached hydrogens (tertiary/aromatic N) is 2. The van der Waals surface area contributed by atoms with Crippen LogP contribution in [0.4, 0.5) is 5.69 Å². The smallest absolute Gasteiger partial charge is 0.286 e. The predicted octanol–water partition coefficient (Wildman–Crippen LogP) is 2.84. The van der Waals surface area contributed by atoms with Gasteiger partial charge in [0.1, 0.15) is 0 Å². The van der Waals surface area contributed by atoms with Crippen molar-refractivity contribution in [2.75, 3.05) is 6.61 Å². The molecule has 0 saturated carbocycles. The summed E-state index contributed by atoms with van der Waals surface area (Å²) in [4.78, 5) is 9.37. The van der Waals surface area contributed by atoms with Gasteiger partial charge >= 0.3 is 0 Å². The molecule has 0 N–H and O–H groups in total. The number of ether oxygens (including phenoxy) is 1. The van der Waals surface area contributed by atoms with Crippen LogP contribution in [0.2, 0.25) is 0 Å². The first-order valence-corrected chi connectivity index (χ1v) is 6.73. The van der Waals surface area contributed by atoms with Crippen molar-refractivity contribution in [3.63, 3.8) is 0 Å². The zero-order chi connectivity index (χ0) is 10.5. The number of rotatable bonds is 3. The fourth-order valence-corrected chi connectivity index (χ4v) is 2.70. The average molecular weight is 238 g/mol. The third kappa shape index (κ3) is 2.87. The molecule has 3 nitrogen and oxygen atoms in total. The monoisotopic (exact) mass is 238 g/mol. The Morgan fingerprint density at radius 2 is 2.07 bits per heavy atom. The van der Waals surface area contributed by atoms with Crippen molar-refractivity contribution in [3.8, 4) is 5.19 Å². The molecule has 1 aromatic carbocycles. The molecule has 78 valence electrons. The number of hydrogen-bond acceptors (Lipinski definition) is 5. The molecule has 0 radical (unpaired) electrons. The van der Waals surface area contributed by atoms with Crippen molar-refractivity contribution in [1.29, 1.82) is 0 Å². The molecule has 0 bridgehead atoms. The topological polar surface area (TPSA) is 34.5 Å². The van der Waals surface area contributed by atoms with Gasteiger partial charge in [0.2, 0.25) is 4.80 Å². The molecule has 0 fully saturated rings. The molecule has 1 aromatic heterocycles. The standard InChI is InChI=1S/C10H10N2OS2/c1-2-13-10-12-9(14-15-10)11-8-6-4-3-5-7-8/h3-7H,2H2,1H3. The predicted molar refractivity (Wildman–Crippen MR) is 62.8 cm³/mol. The fourth-order valence-electron chi connectivity index (χ4n) is 1.02. The zero-order valence-corrected chi connectivity index (χ0v) is 9.85. The molecule has 0 amide bonds. The van der Waals surface area contributed by atoms with Gasteiger partial charge in [0, 0.05) is 0 Å². The molecule has 0 saturated heterocycles. The third-order valence-electron chi connectivity index (χ3n) is 1.62. The van der Waals surface area contributed by atoms with E-state index in [4.69, 9.17) is 4.74 Å². The van der Waals surface area contributed by atoms with E-state index in [9.17, 15) is 0 Å². The quantitative estimate of drug-likeness (QED) is 0.771. The molecule has 0 aliphatic carbocycles. The summed E-state index contributed by atoms with van der Waals surface area (Å²) in [6.07, 6.45) is 0. The van der Waals surface area contributed by atoms with Crippen LogP contribution in [0.1, 0.15) is 6.92 Å². The summed E-state index contributed by atoms with van der Waals surface area (Å²) in [5.41, 5.74) is 0.919. The van der Waals surface area contributed by atoms with E-state index in [1.165, 1.54) is 20.7 Å². The van der Waals surface area contributed by atoms with Gasteiger partial charge in [0.15, 0.2) is 0 Å². The number of aromatic nitrogens is 1. The van der Waals surface area contributed by atoms with Crippen molar-refractivity contribution in [3.05, 3.63) is 35.1 Å². The van der Waals surface area contributed by atoms with Gasteiger partial charge in [0.05, 0.1) is 12.3 Å². The van der Waals surface area contributed by atoms with Crippen LogP contribution in [0.5, 0.6) is 5.19 Å². The summed E-state index contributed by atoms with van der Waals surface area (Å²) in [6, 6.07) is 9.78. The van der Waals surface area contributed by atoms with E-state index >= 15 is 0 Å². The number of benzene rings is 1. The van der Waals surface area contributed by atoms with E-state index in [1.807, 2.05) is 37.3 Å². The molecule has 5 heteroatoms. The highest BCUT2D eigenvalue weighted by Crippen LogP contribution is 2.16. The van der Waals surface area contributed by atoms with Crippen LogP contribution < -0.4 is 9.54 Å². The van der Waals surface area contributed by atoms with Gasteiger partial charge in [-0.3, -0.25) is 0 Å². The number of para-hydroxylation sites is 1. The molecular weight excluding hydrogens is 228 g/mol. The van der Waals surface area contributed by atoms with Gasteiger partial charge in [-0.25, -0.2) is 4.99 Å². The molecule has 0 aliphatic heterocycles. The lowest BCUT2D eigenvalue weighted by atomic mass is 10.3. The van der Waals surface area contributed by atoms with Crippen LogP contribution in [0, 0.1) is 0 Å². The largest absolute Gasteiger partial charge is 0.470 e. The van der Waals surface area contributed by atoms with Crippen LogP contribution in [0.3, 0.4) is 0 Å². The molecular formula is C10H10N2OS2. The minimum Gasteiger partial charge on any atom is -0.470 e. The van der Waals surface area contributed by atoms with Gasteiger partial charge in [0.25, 0.3) is 5.19 Å². The fraction of sp³-hybridized carbons (Fsp3) is 0.200. The number of hydrogen-bond donors (Lipinski definition) is 0. The normalized spacial score (nSPS) is 11.7. The molecule has 2 aromatic rings. The maximum Gasteiger partial charge on any atom is 0.286 e. The second-order valence-corrected chi connectivity index (χ2v) is 4.76. The Labute approximate surface area is 95.1 Å². The van der Waals surface area contributed by atoms with Crippen LogP contribution >= 0.6 is 20.7 Å². The molecule has 0 atom stereocenters. The van der Waals surface area contributed by atoms with E-state index in [0.717, 1.165) is 10.5 Å². The first-order chi connectivity index (χ1) is 7.38. The lowest BCUT2D eigenvalue weighted by Gasteiger charge is -1.91. The van der Waals surface area contributed by atoms with Crippen molar-refractivity contribution < 1.29 is 4.74 Å². The maximum absolute atomic E-state index is 5.28. The second-order valence-electron chi connectivity index (χ2n) is 2.71. The van der Waals surface area contributed by atoms with Crippen molar-refractivity contribution in [2.24, 2.45) is 4.99 Å². The van der Waals surface area contributed by atoms with E-state index < -0.39 is 0 Å². The van der Waals surface area contributed by atoms with Crippen LogP contribution in [-0.2, 0) is 0 Å². The Hall–Kier alpha value is -1.20. The Balaban J connectivity index is 2.26. The van der Waals surface area contributed by atoms with Crippen molar-refractivity contribution >= 4 is 26.4 Å². The minimum absolute atomic E-state index is 0.644. The van der Waals surface area contributed by atoms with E-state index in [1.54, 1.807) is 0 Å².